The number of amides is 3. The molecule has 2 heterocycles. The van der Waals surface area contributed by atoms with Gasteiger partial charge in [-0.05, 0) is 24.1 Å². The molecule has 0 spiro atoms. The van der Waals surface area contributed by atoms with Crippen LogP contribution in [0.25, 0.3) is 10.9 Å². The van der Waals surface area contributed by atoms with E-state index in [1.807, 2.05) is 43.5 Å². The smallest absolute Gasteiger partial charge is 0.324 e. The van der Waals surface area contributed by atoms with Gasteiger partial charge in [-0.2, -0.15) is 0 Å². The number of benzene rings is 2. The molecule has 1 aliphatic heterocycles. The van der Waals surface area contributed by atoms with E-state index in [0.717, 1.165) is 5.52 Å². The normalized spacial score (nSPS) is 16.2. The molecule has 1 saturated heterocycles. The van der Waals surface area contributed by atoms with E-state index in [-0.39, 0.29) is 17.9 Å². The molecule has 6 heteroatoms. The highest BCUT2D eigenvalue weighted by Crippen LogP contribution is 2.30. The van der Waals surface area contributed by atoms with Crippen molar-refractivity contribution in [3.05, 3.63) is 71.9 Å². The Morgan fingerprint density at radius 1 is 1.14 bits per heavy atom. The summed E-state index contributed by atoms with van der Waals surface area (Å²) in [7, 11) is 0. The van der Waals surface area contributed by atoms with Crippen molar-refractivity contribution in [1.29, 1.82) is 0 Å². The van der Waals surface area contributed by atoms with Crippen LogP contribution >= 0.6 is 0 Å². The van der Waals surface area contributed by atoms with Gasteiger partial charge >= 0.3 is 6.03 Å². The number of imide groups is 1. The summed E-state index contributed by atoms with van der Waals surface area (Å²) in [5.74, 6) is -0.110. The molecule has 0 saturated carbocycles. The van der Waals surface area contributed by atoms with Crippen molar-refractivity contribution in [1.82, 2.24) is 20.5 Å². The van der Waals surface area contributed by atoms with Gasteiger partial charge in [-0.15, -0.1) is 0 Å². The number of fused-ring (bicyclic) bond motifs is 1. The molecule has 0 radical (unpaired) electrons. The van der Waals surface area contributed by atoms with Crippen molar-refractivity contribution >= 4 is 22.8 Å². The lowest BCUT2D eigenvalue weighted by Crippen LogP contribution is -2.47. The van der Waals surface area contributed by atoms with Crippen molar-refractivity contribution in [2.24, 2.45) is 0 Å². The Balaban J connectivity index is 1.57. The minimum absolute atomic E-state index is 0.0833. The summed E-state index contributed by atoms with van der Waals surface area (Å²) >= 11 is 0. The monoisotopic (exact) mass is 376 g/mol. The summed E-state index contributed by atoms with van der Waals surface area (Å²) in [6, 6.07) is 17.7. The quantitative estimate of drug-likeness (QED) is 0.619. The molecule has 6 nitrogen and oxygen atoms in total. The molecular weight excluding hydrogens is 352 g/mol. The number of hydrogen-bond acceptors (Lipinski definition) is 3. The molecule has 4 rings (SSSR count). The van der Waals surface area contributed by atoms with Crippen LogP contribution in [-0.2, 0) is 4.79 Å². The first-order chi connectivity index (χ1) is 13.6. The van der Waals surface area contributed by atoms with E-state index < -0.39 is 6.04 Å². The lowest BCUT2D eigenvalue weighted by molar-refractivity contribution is -0.129. The SMILES string of the molecule is C[C@H](NC[C@@H](c1ccccc1)c1c[nH]c2ccccc12)C(=O)N1CCNC1=O. The van der Waals surface area contributed by atoms with Crippen LogP contribution in [0.3, 0.4) is 0 Å². The number of nitrogens with one attached hydrogen (secondary N) is 3. The molecule has 1 aliphatic rings. The second-order valence-electron chi connectivity index (χ2n) is 7.10. The van der Waals surface area contributed by atoms with Crippen LogP contribution in [0.15, 0.2) is 60.8 Å². The first-order valence-electron chi connectivity index (χ1n) is 9.58. The van der Waals surface area contributed by atoms with E-state index in [4.69, 9.17) is 0 Å². The van der Waals surface area contributed by atoms with Crippen LogP contribution in [0.4, 0.5) is 4.79 Å². The molecule has 1 aromatic heterocycles. The Kier molecular flexibility index (Phi) is 5.12. The summed E-state index contributed by atoms with van der Waals surface area (Å²) < 4.78 is 0. The van der Waals surface area contributed by atoms with Crippen LogP contribution < -0.4 is 10.6 Å². The van der Waals surface area contributed by atoms with E-state index in [0.29, 0.717) is 19.6 Å². The summed E-state index contributed by atoms with van der Waals surface area (Å²) in [5, 5.41) is 7.20. The Morgan fingerprint density at radius 2 is 1.89 bits per heavy atom. The average Bonchev–Trinajstić information content (AvgIpc) is 3.35. The molecule has 2 atom stereocenters. The van der Waals surface area contributed by atoms with Crippen LogP contribution in [0.1, 0.15) is 24.0 Å². The minimum atomic E-state index is -0.444. The standard InChI is InChI=1S/C22H24N4O2/c1-15(21(27)26-12-11-23-22(26)28)24-13-18(16-7-3-2-4-8-16)19-14-25-20-10-6-5-9-17(19)20/h2-10,14-15,18,24-25H,11-13H2,1H3,(H,23,28)/t15-,18-/m0/s1. The maximum Gasteiger partial charge on any atom is 0.324 e. The molecule has 3 amide bonds. The number of rotatable bonds is 6. The fourth-order valence-electron chi connectivity index (χ4n) is 3.77. The Labute approximate surface area is 163 Å². The van der Waals surface area contributed by atoms with Gasteiger partial charge in [0, 0.05) is 42.7 Å². The minimum Gasteiger partial charge on any atom is -0.361 e. The third-order valence-corrected chi connectivity index (χ3v) is 5.32. The number of carbonyl (C=O) groups is 2. The van der Waals surface area contributed by atoms with Crippen LogP contribution in [0, 0.1) is 0 Å². The van der Waals surface area contributed by atoms with Crippen molar-refractivity contribution in [2.45, 2.75) is 18.9 Å². The van der Waals surface area contributed by atoms with Gasteiger partial charge in [0.05, 0.1) is 6.04 Å². The summed E-state index contributed by atoms with van der Waals surface area (Å²) in [6.07, 6.45) is 2.05. The summed E-state index contributed by atoms with van der Waals surface area (Å²) in [4.78, 5) is 29.0. The maximum atomic E-state index is 12.6. The summed E-state index contributed by atoms with van der Waals surface area (Å²) in [5.41, 5.74) is 3.46. The second-order valence-corrected chi connectivity index (χ2v) is 7.10. The molecular formula is C22H24N4O2. The third-order valence-electron chi connectivity index (χ3n) is 5.32. The zero-order valence-corrected chi connectivity index (χ0v) is 15.8. The van der Waals surface area contributed by atoms with Gasteiger partial charge < -0.3 is 15.6 Å². The fraction of sp³-hybridized carbons (Fsp3) is 0.273. The lowest BCUT2D eigenvalue weighted by atomic mass is 9.90. The molecule has 28 heavy (non-hydrogen) atoms. The molecule has 3 aromatic rings. The maximum absolute atomic E-state index is 12.6. The number of nitrogens with zero attached hydrogens (tertiary/aromatic N) is 1. The van der Waals surface area contributed by atoms with E-state index in [9.17, 15) is 9.59 Å². The summed E-state index contributed by atoms with van der Waals surface area (Å²) in [6.45, 7) is 3.34. The van der Waals surface area contributed by atoms with Crippen molar-refractivity contribution in [3.8, 4) is 0 Å². The molecule has 2 aromatic carbocycles. The first kappa shape index (κ1) is 18.3. The number of H-pyrrole nitrogens is 1. The van der Waals surface area contributed by atoms with E-state index >= 15 is 0 Å². The topological polar surface area (TPSA) is 77.2 Å². The predicted octanol–water partition coefficient (Wildman–Crippen LogP) is 2.83. The van der Waals surface area contributed by atoms with Gasteiger partial charge in [-0.3, -0.25) is 9.69 Å². The van der Waals surface area contributed by atoms with Crippen molar-refractivity contribution in [2.75, 3.05) is 19.6 Å². The van der Waals surface area contributed by atoms with Crippen LogP contribution in [0.5, 0.6) is 0 Å². The molecule has 0 unspecified atom stereocenters. The zero-order valence-electron chi connectivity index (χ0n) is 15.8. The predicted molar refractivity (Wildman–Crippen MR) is 109 cm³/mol. The number of aromatic amines is 1. The number of carbonyl (C=O) groups excluding carboxylic acids is 2. The second kappa shape index (κ2) is 7.86. The first-order valence-corrected chi connectivity index (χ1v) is 9.58. The van der Waals surface area contributed by atoms with E-state index in [1.54, 1.807) is 0 Å². The highest BCUT2D eigenvalue weighted by molar-refractivity contribution is 5.98. The van der Waals surface area contributed by atoms with Gasteiger partial charge in [-0.1, -0.05) is 48.5 Å². The highest BCUT2D eigenvalue weighted by Gasteiger charge is 2.30. The molecule has 3 N–H and O–H groups in total. The number of aromatic nitrogens is 1. The average molecular weight is 376 g/mol. The molecule has 144 valence electrons. The van der Waals surface area contributed by atoms with Gasteiger partial charge in [-0.25, -0.2) is 4.79 Å². The number of urea groups is 1. The van der Waals surface area contributed by atoms with E-state index in [2.05, 4.69) is 39.9 Å². The Bertz CT molecular complexity index is 982. The number of hydrogen-bond donors (Lipinski definition) is 3. The van der Waals surface area contributed by atoms with Crippen molar-refractivity contribution < 1.29 is 9.59 Å². The van der Waals surface area contributed by atoms with Gasteiger partial charge in [0.25, 0.3) is 0 Å². The number of para-hydroxylation sites is 1. The zero-order chi connectivity index (χ0) is 19.5. The Hall–Kier alpha value is -3.12. The Morgan fingerprint density at radius 3 is 2.64 bits per heavy atom. The molecule has 0 aliphatic carbocycles. The van der Waals surface area contributed by atoms with Crippen LogP contribution in [-0.4, -0.2) is 47.5 Å². The fourth-order valence-corrected chi connectivity index (χ4v) is 3.77. The largest absolute Gasteiger partial charge is 0.361 e. The lowest BCUT2D eigenvalue weighted by Gasteiger charge is -2.23. The highest BCUT2D eigenvalue weighted by atomic mass is 16.2. The van der Waals surface area contributed by atoms with Gasteiger partial charge in [0.15, 0.2) is 0 Å². The molecule has 0 bridgehead atoms. The third kappa shape index (κ3) is 3.51. The van der Waals surface area contributed by atoms with Crippen LogP contribution in [0.2, 0.25) is 0 Å². The van der Waals surface area contributed by atoms with Crippen molar-refractivity contribution in [3.63, 3.8) is 0 Å². The van der Waals surface area contributed by atoms with Gasteiger partial charge in [0.2, 0.25) is 5.91 Å². The van der Waals surface area contributed by atoms with E-state index in [1.165, 1.54) is 21.4 Å². The van der Waals surface area contributed by atoms with Gasteiger partial charge in [0.1, 0.15) is 0 Å². The molecule has 1 fully saturated rings.